The molecule has 0 radical (unpaired) electrons. The average Bonchev–Trinajstić information content (AvgIpc) is 2.34. The summed E-state index contributed by atoms with van der Waals surface area (Å²) in [7, 11) is 0. The summed E-state index contributed by atoms with van der Waals surface area (Å²) in [6.45, 7) is 2.22. The summed E-state index contributed by atoms with van der Waals surface area (Å²) in [5, 5.41) is 0. The maximum atomic E-state index is 5.28. The van der Waals surface area contributed by atoms with Crippen LogP contribution in [0.4, 0.5) is 0 Å². The molecule has 0 atom stereocenters. The molecule has 1 rings (SSSR count). The topological polar surface area (TPSA) is 0 Å². The van der Waals surface area contributed by atoms with Gasteiger partial charge in [0.2, 0.25) is 0 Å². The van der Waals surface area contributed by atoms with Gasteiger partial charge in [-0.3, -0.25) is 0 Å². The van der Waals surface area contributed by atoms with Gasteiger partial charge in [0.05, 0.1) is 0 Å². The Morgan fingerprint density at radius 1 is 1.00 bits per heavy atom. The van der Waals surface area contributed by atoms with Gasteiger partial charge in [-0.2, -0.15) is 0 Å². The Hall–Kier alpha value is -1.66. The smallest absolute Gasteiger partial charge is 0.0246 e. The first-order chi connectivity index (χ1) is 7.86. The Labute approximate surface area is 99.1 Å². The van der Waals surface area contributed by atoms with Gasteiger partial charge in [-0.05, 0) is 30.7 Å². The van der Waals surface area contributed by atoms with Crippen molar-refractivity contribution >= 4 is 0 Å². The molecule has 1 aromatic rings. The zero-order valence-electron chi connectivity index (χ0n) is 9.92. The molecule has 0 fully saturated rings. The van der Waals surface area contributed by atoms with E-state index >= 15 is 0 Å². The Morgan fingerprint density at radius 3 is 2.31 bits per heavy atom. The van der Waals surface area contributed by atoms with E-state index in [4.69, 9.17) is 6.42 Å². The van der Waals surface area contributed by atoms with Crippen molar-refractivity contribution in [2.24, 2.45) is 0 Å². The van der Waals surface area contributed by atoms with Crippen molar-refractivity contribution in [2.75, 3.05) is 0 Å². The second-order valence-corrected chi connectivity index (χ2v) is 3.83. The molecule has 0 N–H and O–H groups in total. The third-order valence-corrected chi connectivity index (χ3v) is 2.44. The van der Waals surface area contributed by atoms with Crippen LogP contribution in [-0.4, -0.2) is 0 Å². The molecule has 0 aliphatic rings. The third-order valence-electron chi connectivity index (χ3n) is 2.44. The molecule has 0 saturated carbocycles. The maximum Gasteiger partial charge on any atom is 0.0246 e. The summed E-state index contributed by atoms with van der Waals surface area (Å²) in [5.41, 5.74) is 1.96. The van der Waals surface area contributed by atoms with Crippen LogP contribution in [0.3, 0.4) is 0 Å². The van der Waals surface area contributed by atoms with Crippen LogP contribution in [0.5, 0.6) is 0 Å². The summed E-state index contributed by atoms with van der Waals surface area (Å²) >= 11 is 0. The first kappa shape index (κ1) is 12.4. The Bertz CT molecular complexity index is 392. The molecule has 82 valence electrons. The number of hydrogen-bond acceptors (Lipinski definition) is 0. The summed E-state index contributed by atoms with van der Waals surface area (Å²) in [5.74, 6) is 8.95. The lowest BCUT2D eigenvalue weighted by Crippen LogP contribution is -1.77. The number of terminal acetylenes is 1. The highest BCUT2D eigenvalue weighted by Crippen LogP contribution is 2.03. The molecule has 1 aromatic carbocycles. The van der Waals surface area contributed by atoms with Crippen LogP contribution < -0.4 is 0 Å². The van der Waals surface area contributed by atoms with Crippen molar-refractivity contribution in [1.82, 2.24) is 0 Å². The fraction of sp³-hybridized carbons (Fsp3) is 0.375. The molecule has 0 aliphatic carbocycles. The molecule has 0 spiro atoms. The summed E-state index contributed by atoms with van der Waals surface area (Å²) < 4.78 is 0. The lowest BCUT2D eigenvalue weighted by atomic mass is 10.1. The van der Waals surface area contributed by atoms with E-state index in [1.165, 1.54) is 25.7 Å². The van der Waals surface area contributed by atoms with E-state index in [2.05, 4.69) is 24.7 Å². The maximum absolute atomic E-state index is 5.28. The van der Waals surface area contributed by atoms with Crippen LogP contribution in [0.15, 0.2) is 24.3 Å². The van der Waals surface area contributed by atoms with E-state index in [9.17, 15) is 0 Å². The van der Waals surface area contributed by atoms with E-state index in [0.29, 0.717) is 0 Å². The molecule has 0 saturated heterocycles. The zero-order chi connectivity index (χ0) is 11.6. The first-order valence-electron chi connectivity index (χ1n) is 5.92. The number of hydrogen-bond donors (Lipinski definition) is 0. The van der Waals surface area contributed by atoms with E-state index in [1.54, 1.807) is 0 Å². The predicted octanol–water partition coefficient (Wildman–Crippen LogP) is 3.99. The first-order valence-corrected chi connectivity index (χ1v) is 5.92. The van der Waals surface area contributed by atoms with Crippen molar-refractivity contribution in [1.29, 1.82) is 0 Å². The van der Waals surface area contributed by atoms with Crippen LogP contribution in [0.1, 0.15) is 50.2 Å². The quantitative estimate of drug-likeness (QED) is 0.520. The summed E-state index contributed by atoms with van der Waals surface area (Å²) in [6, 6.07) is 7.82. The monoisotopic (exact) mass is 210 g/mol. The highest BCUT2D eigenvalue weighted by molar-refractivity contribution is 5.40. The van der Waals surface area contributed by atoms with Crippen molar-refractivity contribution in [3.05, 3.63) is 35.4 Å². The average molecular weight is 210 g/mol. The minimum absolute atomic E-state index is 0.911. The van der Waals surface area contributed by atoms with E-state index in [1.807, 2.05) is 24.3 Å². The lowest BCUT2D eigenvalue weighted by Gasteiger charge is -1.93. The van der Waals surface area contributed by atoms with Crippen molar-refractivity contribution < 1.29 is 0 Å². The molecular weight excluding hydrogens is 192 g/mol. The van der Waals surface area contributed by atoms with Crippen molar-refractivity contribution in [2.45, 2.75) is 39.0 Å². The molecule has 0 unspecified atom stereocenters. The van der Waals surface area contributed by atoms with Gasteiger partial charge in [0.1, 0.15) is 0 Å². The highest BCUT2D eigenvalue weighted by atomic mass is 13.9. The predicted molar refractivity (Wildman–Crippen MR) is 70.0 cm³/mol. The van der Waals surface area contributed by atoms with E-state index in [-0.39, 0.29) is 0 Å². The molecule has 0 aliphatic heterocycles. The third kappa shape index (κ3) is 4.72. The molecule has 0 nitrogen and oxygen atoms in total. The van der Waals surface area contributed by atoms with Crippen LogP contribution in [-0.2, 0) is 0 Å². The standard InChI is InChI=1S/C16H18/c1-3-5-6-7-8-9-10-16-13-11-15(4-2)12-14-16/h2,11-14H,3,5-8H2,1H3. The van der Waals surface area contributed by atoms with Gasteiger partial charge in [-0.1, -0.05) is 43.9 Å². The largest absolute Gasteiger partial charge is 0.115 e. The Kier molecular flexibility index (Phi) is 5.90. The summed E-state index contributed by atoms with van der Waals surface area (Å²) in [4.78, 5) is 0. The lowest BCUT2D eigenvalue weighted by molar-refractivity contribution is 0.679. The van der Waals surface area contributed by atoms with Crippen LogP contribution >= 0.6 is 0 Å². The van der Waals surface area contributed by atoms with E-state index < -0.39 is 0 Å². The van der Waals surface area contributed by atoms with Crippen molar-refractivity contribution in [3.8, 4) is 24.2 Å². The van der Waals surface area contributed by atoms with Crippen molar-refractivity contribution in [3.63, 3.8) is 0 Å². The molecular formula is C16H18. The fourth-order valence-corrected chi connectivity index (χ4v) is 1.45. The number of unbranched alkanes of at least 4 members (excludes halogenated alkanes) is 4. The normalized spacial score (nSPS) is 9.00. The van der Waals surface area contributed by atoms with Gasteiger partial charge in [0.25, 0.3) is 0 Å². The SMILES string of the molecule is C#Cc1ccc(C#CCCCCCC)cc1. The van der Waals surface area contributed by atoms with Crippen LogP contribution in [0, 0.1) is 24.2 Å². The highest BCUT2D eigenvalue weighted by Gasteiger charge is 1.88. The Balaban J connectivity index is 2.36. The van der Waals surface area contributed by atoms with Gasteiger partial charge in [-0.25, -0.2) is 0 Å². The molecule has 0 amide bonds. The summed E-state index contributed by atoms with van der Waals surface area (Å²) in [6.07, 6.45) is 11.4. The minimum atomic E-state index is 0.911. The second kappa shape index (κ2) is 7.61. The second-order valence-electron chi connectivity index (χ2n) is 3.83. The fourth-order valence-electron chi connectivity index (χ4n) is 1.45. The van der Waals surface area contributed by atoms with Gasteiger partial charge in [0, 0.05) is 17.5 Å². The molecule has 16 heavy (non-hydrogen) atoms. The van der Waals surface area contributed by atoms with Crippen LogP contribution in [0.25, 0.3) is 0 Å². The Morgan fingerprint density at radius 2 is 1.69 bits per heavy atom. The minimum Gasteiger partial charge on any atom is -0.115 e. The van der Waals surface area contributed by atoms with Gasteiger partial charge in [-0.15, -0.1) is 6.42 Å². The van der Waals surface area contributed by atoms with E-state index in [0.717, 1.165) is 17.5 Å². The van der Waals surface area contributed by atoms with Gasteiger partial charge >= 0.3 is 0 Å². The number of rotatable bonds is 4. The molecule has 0 heterocycles. The molecule has 0 bridgehead atoms. The molecule has 0 heteroatoms. The van der Waals surface area contributed by atoms with Gasteiger partial charge in [0.15, 0.2) is 0 Å². The van der Waals surface area contributed by atoms with Crippen LogP contribution in [0.2, 0.25) is 0 Å². The number of benzene rings is 1. The van der Waals surface area contributed by atoms with Gasteiger partial charge < -0.3 is 0 Å². The molecule has 0 aromatic heterocycles. The zero-order valence-corrected chi connectivity index (χ0v) is 9.92.